The van der Waals surface area contributed by atoms with E-state index in [4.69, 9.17) is 16.3 Å². The van der Waals surface area contributed by atoms with Crippen LogP contribution >= 0.6 is 11.6 Å². The summed E-state index contributed by atoms with van der Waals surface area (Å²) in [5, 5.41) is 2.60. The van der Waals surface area contributed by atoms with Gasteiger partial charge in [-0.15, -0.1) is 0 Å². The number of rotatable bonds is 7. The number of halogens is 2. The number of hydrogen-bond acceptors (Lipinski definition) is 5. The zero-order valence-electron chi connectivity index (χ0n) is 17.1. The first-order valence-electron chi connectivity index (χ1n) is 9.96. The van der Waals surface area contributed by atoms with Crippen molar-refractivity contribution in [1.29, 1.82) is 0 Å². The van der Waals surface area contributed by atoms with Gasteiger partial charge in [0.2, 0.25) is 10.0 Å². The lowest BCUT2D eigenvalue weighted by Crippen LogP contribution is -2.35. The van der Waals surface area contributed by atoms with E-state index >= 15 is 0 Å². The van der Waals surface area contributed by atoms with E-state index in [9.17, 15) is 22.4 Å². The van der Waals surface area contributed by atoms with E-state index in [0.29, 0.717) is 18.7 Å². The van der Waals surface area contributed by atoms with Crippen LogP contribution in [0.15, 0.2) is 53.4 Å². The molecule has 1 amide bonds. The van der Waals surface area contributed by atoms with Crippen LogP contribution in [0.3, 0.4) is 0 Å². The molecule has 1 N–H and O–H groups in total. The zero-order chi connectivity index (χ0) is 23.1. The van der Waals surface area contributed by atoms with Gasteiger partial charge in [-0.2, -0.15) is 4.31 Å². The maximum absolute atomic E-state index is 13.1. The van der Waals surface area contributed by atoms with Gasteiger partial charge in [0.1, 0.15) is 5.82 Å². The Bertz CT molecular complexity index is 1130. The first kappa shape index (κ1) is 23.9. The number of carbonyl (C=O) groups is 2. The van der Waals surface area contributed by atoms with Crippen LogP contribution < -0.4 is 5.32 Å². The maximum Gasteiger partial charge on any atom is 0.331 e. The quantitative estimate of drug-likeness (QED) is 0.480. The number of benzene rings is 2. The monoisotopic (exact) mass is 480 g/mol. The van der Waals surface area contributed by atoms with Gasteiger partial charge >= 0.3 is 5.97 Å². The highest BCUT2D eigenvalue weighted by molar-refractivity contribution is 7.89. The third-order valence-corrected chi connectivity index (χ3v) is 7.00. The molecular weight excluding hydrogens is 459 g/mol. The van der Waals surface area contributed by atoms with Crippen molar-refractivity contribution in [3.05, 3.63) is 64.9 Å². The topological polar surface area (TPSA) is 92.8 Å². The Morgan fingerprint density at radius 2 is 1.88 bits per heavy atom. The summed E-state index contributed by atoms with van der Waals surface area (Å²) in [5.41, 5.74) is 0.561. The predicted octanol–water partition coefficient (Wildman–Crippen LogP) is 3.85. The average Bonchev–Trinajstić information content (AvgIpc) is 2.78. The van der Waals surface area contributed by atoms with Crippen LogP contribution in [0.1, 0.15) is 24.8 Å². The predicted molar refractivity (Wildman–Crippen MR) is 119 cm³/mol. The molecule has 1 aliphatic rings. The molecule has 32 heavy (non-hydrogen) atoms. The second-order valence-corrected chi connectivity index (χ2v) is 9.50. The molecule has 170 valence electrons. The van der Waals surface area contributed by atoms with E-state index in [1.165, 1.54) is 46.8 Å². The Labute approximate surface area is 190 Å². The lowest BCUT2D eigenvalue weighted by Gasteiger charge is -2.26. The maximum atomic E-state index is 13.1. The molecule has 0 aliphatic carbocycles. The van der Waals surface area contributed by atoms with E-state index in [0.717, 1.165) is 25.3 Å². The molecule has 7 nitrogen and oxygen atoms in total. The van der Waals surface area contributed by atoms with Gasteiger partial charge in [0.25, 0.3) is 5.91 Å². The number of ether oxygens (including phenoxy) is 1. The summed E-state index contributed by atoms with van der Waals surface area (Å²) in [6.07, 6.45) is 5.02. The van der Waals surface area contributed by atoms with Crippen LogP contribution in [0.25, 0.3) is 6.08 Å². The number of anilines is 1. The summed E-state index contributed by atoms with van der Waals surface area (Å²) in [4.78, 5) is 24.0. The Balaban J connectivity index is 1.59. The summed E-state index contributed by atoms with van der Waals surface area (Å²) in [6.45, 7) is 0.295. The van der Waals surface area contributed by atoms with E-state index in [-0.39, 0.29) is 15.6 Å². The highest BCUT2D eigenvalue weighted by atomic mass is 35.5. The minimum Gasteiger partial charge on any atom is -0.452 e. The largest absolute Gasteiger partial charge is 0.452 e. The number of carbonyl (C=O) groups excluding carboxylic acids is 2. The second kappa shape index (κ2) is 10.7. The van der Waals surface area contributed by atoms with Crippen LogP contribution in [0.4, 0.5) is 10.1 Å². The van der Waals surface area contributed by atoms with E-state index < -0.39 is 34.3 Å². The summed E-state index contributed by atoms with van der Waals surface area (Å²) in [5.74, 6) is -1.93. The van der Waals surface area contributed by atoms with Crippen LogP contribution in [-0.4, -0.2) is 44.3 Å². The second-order valence-electron chi connectivity index (χ2n) is 7.15. The third kappa shape index (κ3) is 6.38. The normalized spacial score (nSPS) is 14.9. The smallest absolute Gasteiger partial charge is 0.331 e. The number of esters is 1. The molecule has 10 heteroatoms. The Morgan fingerprint density at radius 3 is 2.59 bits per heavy atom. The van der Waals surface area contributed by atoms with Crippen LogP contribution in [0.2, 0.25) is 5.02 Å². The average molecular weight is 481 g/mol. The summed E-state index contributed by atoms with van der Waals surface area (Å²) >= 11 is 6.10. The molecule has 1 heterocycles. The van der Waals surface area contributed by atoms with Crippen molar-refractivity contribution < 1.29 is 27.1 Å². The molecule has 0 saturated carbocycles. The summed E-state index contributed by atoms with van der Waals surface area (Å²) in [6, 6.07) is 9.68. The number of piperidine rings is 1. The number of hydrogen-bond donors (Lipinski definition) is 1. The van der Waals surface area contributed by atoms with Crippen molar-refractivity contribution in [2.24, 2.45) is 0 Å². The van der Waals surface area contributed by atoms with Crippen LogP contribution in [-0.2, 0) is 24.3 Å². The molecule has 0 atom stereocenters. The Kier molecular flexibility index (Phi) is 8.00. The first-order chi connectivity index (χ1) is 15.3. The van der Waals surface area contributed by atoms with Crippen molar-refractivity contribution in [2.75, 3.05) is 25.0 Å². The van der Waals surface area contributed by atoms with Gasteiger partial charge in [0.15, 0.2) is 6.61 Å². The SMILES string of the molecule is O=C(COC(=O)/C=C/c1cccc(F)c1)Nc1cc(S(=O)(=O)N2CCCCC2)ccc1Cl. The van der Waals surface area contributed by atoms with Gasteiger partial charge in [0.05, 0.1) is 15.6 Å². The number of nitrogens with zero attached hydrogens (tertiary/aromatic N) is 1. The van der Waals surface area contributed by atoms with E-state index in [1.54, 1.807) is 6.07 Å². The molecule has 1 fully saturated rings. The van der Waals surface area contributed by atoms with E-state index in [1.807, 2.05) is 0 Å². The fourth-order valence-electron chi connectivity index (χ4n) is 3.16. The molecule has 0 unspecified atom stereocenters. The molecule has 0 aromatic heterocycles. The minimum absolute atomic E-state index is 0.0223. The molecule has 0 radical (unpaired) electrons. The Hall–Kier alpha value is -2.75. The standard InChI is InChI=1S/C22H22ClFN2O5S/c23-19-9-8-18(32(29,30)26-11-2-1-3-12-26)14-20(19)25-21(27)15-31-22(28)10-7-16-5-4-6-17(24)13-16/h4-10,13-14H,1-3,11-12,15H2,(H,25,27)/b10-7+. The van der Waals surface area contributed by atoms with Gasteiger partial charge in [0, 0.05) is 19.2 Å². The van der Waals surface area contributed by atoms with Gasteiger partial charge < -0.3 is 10.1 Å². The van der Waals surface area contributed by atoms with Gasteiger partial charge in [-0.1, -0.05) is 30.2 Å². The lowest BCUT2D eigenvalue weighted by atomic mass is 10.2. The van der Waals surface area contributed by atoms with Crippen LogP contribution in [0.5, 0.6) is 0 Å². The minimum atomic E-state index is -3.70. The third-order valence-electron chi connectivity index (χ3n) is 4.77. The molecule has 1 aliphatic heterocycles. The summed E-state index contributed by atoms with van der Waals surface area (Å²) < 4.78 is 45.1. The molecule has 0 spiro atoms. The lowest BCUT2D eigenvalue weighted by molar-refractivity contribution is -0.142. The summed E-state index contributed by atoms with van der Waals surface area (Å²) in [7, 11) is -3.70. The van der Waals surface area contributed by atoms with Crippen molar-refractivity contribution in [3.8, 4) is 0 Å². The number of sulfonamides is 1. The van der Waals surface area contributed by atoms with Crippen molar-refractivity contribution in [3.63, 3.8) is 0 Å². The van der Waals surface area contributed by atoms with Gasteiger partial charge in [-0.3, -0.25) is 4.79 Å². The van der Waals surface area contributed by atoms with Crippen LogP contribution in [0, 0.1) is 5.82 Å². The Morgan fingerprint density at radius 1 is 1.12 bits per heavy atom. The fourth-order valence-corrected chi connectivity index (χ4v) is 4.87. The number of amides is 1. The van der Waals surface area contributed by atoms with E-state index in [2.05, 4.69) is 5.32 Å². The zero-order valence-corrected chi connectivity index (χ0v) is 18.7. The van der Waals surface area contributed by atoms with Crippen molar-refractivity contribution in [2.45, 2.75) is 24.2 Å². The molecule has 2 aromatic carbocycles. The molecule has 2 aromatic rings. The molecule has 3 rings (SSSR count). The highest BCUT2D eigenvalue weighted by Crippen LogP contribution is 2.28. The van der Waals surface area contributed by atoms with Crippen molar-refractivity contribution >= 4 is 45.3 Å². The fraction of sp³-hybridized carbons (Fsp3) is 0.273. The molecular formula is C22H22ClFN2O5S. The highest BCUT2D eigenvalue weighted by Gasteiger charge is 2.26. The number of nitrogens with one attached hydrogen (secondary N) is 1. The molecule has 1 saturated heterocycles. The van der Waals surface area contributed by atoms with Gasteiger partial charge in [-0.25, -0.2) is 17.6 Å². The van der Waals surface area contributed by atoms with Crippen molar-refractivity contribution in [1.82, 2.24) is 4.31 Å². The first-order valence-corrected chi connectivity index (χ1v) is 11.8. The molecule has 0 bridgehead atoms. The van der Waals surface area contributed by atoms with Gasteiger partial charge in [-0.05, 0) is 54.8 Å².